The van der Waals surface area contributed by atoms with Crippen molar-refractivity contribution >= 4 is 35.0 Å². The van der Waals surface area contributed by atoms with E-state index in [9.17, 15) is 19.8 Å². The summed E-state index contributed by atoms with van der Waals surface area (Å²) >= 11 is 0. The molecule has 0 aromatic heterocycles. The summed E-state index contributed by atoms with van der Waals surface area (Å²) in [5, 5.41) is 20.7. The van der Waals surface area contributed by atoms with Gasteiger partial charge in [0.1, 0.15) is 0 Å². The van der Waals surface area contributed by atoms with Crippen molar-refractivity contribution in [1.29, 1.82) is 0 Å². The van der Waals surface area contributed by atoms with Gasteiger partial charge >= 0.3 is 39.8 Å². The van der Waals surface area contributed by atoms with E-state index in [-0.39, 0.29) is 57.1 Å². The first-order valence-electron chi connectivity index (χ1n) is 7.86. The number of carboxylic acids is 2. The van der Waals surface area contributed by atoms with Gasteiger partial charge in [0.25, 0.3) is 0 Å². The number of carboxylic acid groups (broad SMARTS) is 2. The predicted octanol–water partition coefficient (Wildman–Crippen LogP) is 0.697. The molecular formula is C16H32CoMgO5+2. The molecule has 0 saturated carbocycles. The zero-order chi connectivity index (χ0) is 16.0. The first kappa shape index (κ1) is 34.5. The summed E-state index contributed by atoms with van der Waals surface area (Å²) in [6.45, 7) is 7.89. The van der Waals surface area contributed by atoms with Crippen LogP contribution in [-0.2, 0) is 26.4 Å². The Hall–Kier alpha value is 0.173. The van der Waals surface area contributed by atoms with Gasteiger partial charge in [-0.2, -0.15) is 0 Å². The third-order valence-corrected chi connectivity index (χ3v) is 3.46. The van der Waals surface area contributed by atoms with E-state index in [0.29, 0.717) is 12.8 Å². The second-order valence-electron chi connectivity index (χ2n) is 5.13. The molecule has 0 aliphatic rings. The maximum atomic E-state index is 10.3. The smallest absolute Gasteiger partial charge is 0.550 e. The molecule has 2 N–H and O–H groups in total. The van der Waals surface area contributed by atoms with Crippen LogP contribution in [0.2, 0.25) is 0 Å². The van der Waals surface area contributed by atoms with Crippen molar-refractivity contribution in [2.75, 3.05) is 0 Å². The third kappa shape index (κ3) is 22.2. The van der Waals surface area contributed by atoms with Crippen LogP contribution in [0.5, 0.6) is 0 Å². The van der Waals surface area contributed by atoms with Crippen LogP contribution in [0.1, 0.15) is 79.1 Å². The molecule has 5 nitrogen and oxygen atoms in total. The van der Waals surface area contributed by atoms with Crippen LogP contribution >= 0.6 is 0 Å². The summed E-state index contributed by atoms with van der Waals surface area (Å²) in [6.07, 6.45) is 7.04. The van der Waals surface area contributed by atoms with Gasteiger partial charge in [-0.1, -0.05) is 53.4 Å². The third-order valence-electron chi connectivity index (χ3n) is 3.46. The van der Waals surface area contributed by atoms with E-state index in [1.54, 1.807) is 0 Å². The summed E-state index contributed by atoms with van der Waals surface area (Å²) < 4.78 is 0. The van der Waals surface area contributed by atoms with Gasteiger partial charge < -0.3 is 25.3 Å². The largest absolute Gasteiger partial charge is 2.00 e. The average molecular weight is 388 g/mol. The van der Waals surface area contributed by atoms with Crippen LogP contribution in [0.15, 0.2) is 0 Å². The van der Waals surface area contributed by atoms with E-state index in [4.69, 9.17) is 0 Å². The summed E-state index contributed by atoms with van der Waals surface area (Å²) in [4.78, 5) is 20.7. The Balaban J connectivity index is -0.0000000831. The Labute approximate surface area is 167 Å². The molecule has 0 bridgehead atoms. The van der Waals surface area contributed by atoms with Gasteiger partial charge in [-0.25, -0.2) is 0 Å². The first-order chi connectivity index (χ1) is 9.44. The molecule has 23 heavy (non-hydrogen) atoms. The standard InChI is InChI=1S/2C8H16O2.Co.Mg.H2O/c2*1-3-5-6-7(4-2)8(9)10;;;/h2*7H,3-6H2,1-2H3,(H,9,10);;;1H2/q;;2*+2;/p-2. The van der Waals surface area contributed by atoms with Crippen LogP contribution in [0, 0.1) is 11.8 Å². The molecule has 0 aromatic rings. The number of unbranched alkanes of at least 4 members (excludes halogenated alkanes) is 2. The van der Waals surface area contributed by atoms with Crippen LogP contribution in [0.3, 0.4) is 0 Å². The SMILES string of the molecule is CCCCC(CC)C(=O)[O-].CCCCC(CC)C(=O)[O-].O.[Co+2].[Mg+2]. The molecular weight excluding hydrogens is 355 g/mol. The van der Waals surface area contributed by atoms with E-state index in [1.165, 1.54) is 0 Å². The minimum Gasteiger partial charge on any atom is -0.550 e. The first-order valence-corrected chi connectivity index (χ1v) is 7.86. The van der Waals surface area contributed by atoms with E-state index >= 15 is 0 Å². The molecule has 0 spiro atoms. The van der Waals surface area contributed by atoms with E-state index < -0.39 is 11.9 Å². The zero-order valence-corrected chi connectivity index (χ0v) is 17.4. The Kier molecular flexibility index (Phi) is 36.6. The molecule has 0 rings (SSSR count). The van der Waals surface area contributed by atoms with Crippen LogP contribution < -0.4 is 10.2 Å². The second kappa shape index (κ2) is 24.4. The van der Waals surface area contributed by atoms with Crippen molar-refractivity contribution < 1.29 is 42.1 Å². The maximum Gasteiger partial charge on any atom is 2.00 e. The van der Waals surface area contributed by atoms with Crippen molar-refractivity contribution in [2.45, 2.75) is 79.1 Å². The van der Waals surface area contributed by atoms with Gasteiger partial charge in [-0.3, -0.25) is 0 Å². The normalized spacial score (nSPS) is 11.3. The van der Waals surface area contributed by atoms with Gasteiger partial charge in [0.15, 0.2) is 0 Å². The van der Waals surface area contributed by atoms with E-state index in [1.807, 2.05) is 13.8 Å². The fourth-order valence-electron chi connectivity index (χ4n) is 1.88. The number of aliphatic carboxylic acids is 2. The molecule has 7 heteroatoms. The van der Waals surface area contributed by atoms with Gasteiger partial charge in [0.2, 0.25) is 0 Å². The molecule has 0 saturated heterocycles. The van der Waals surface area contributed by atoms with Crippen molar-refractivity contribution in [3.8, 4) is 0 Å². The Morgan fingerprint density at radius 2 is 1.04 bits per heavy atom. The molecule has 1 radical (unpaired) electrons. The minimum atomic E-state index is -0.893. The van der Waals surface area contributed by atoms with Gasteiger partial charge in [0, 0.05) is 11.9 Å². The molecule has 0 aliphatic carbocycles. The molecule has 0 heterocycles. The minimum absolute atomic E-state index is 0. The van der Waals surface area contributed by atoms with Crippen molar-refractivity contribution in [1.82, 2.24) is 0 Å². The van der Waals surface area contributed by atoms with Gasteiger partial charge in [-0.05, 0) is 37.5 Å². The van der Waals surface area contributed by atoms with Crippen LogP contribution in [0.25, 0.3) is 0 Å². The van der Waals surface area contributed by atoms with E-state index in [0.717, 1.165) is 38.5 Å². The van der Waals surface area contributed by atoms with Crippen molar-refractivity contribution in [3.63, 3.8) is 0 Å². The summed E-state index contributed by atoms with van der Waals surface area (Å²) in [7, 11) is 0. The molecule has 2 unspecified atom stereocenters. The Morgan fingerprint density at radius 1 is 0.783 bits per heavy atom. The predicted molar refractivity (Wildman–Crippen MR) is 86.0 cm³/mol. The summed E-state index contributed by atoms with van der Waals surface area (Å²) in [5.41, 5.74) is 0. The average Bonchev–Trinajstić information content (AvgIpc) is 2.40. The quantitative estimate of drug-likeness (QED) is 0.513. The number of rotatable bonds is 10. The summed E-state index contributed by atoms with van der Waals surface area (Å²) in [6, 6.07) is 0. The zero-order valence-electron chi connectivity index (χ0n) is 15.0. The fraction of sp³-hybridized carbons (Fsp3) is 0.875. The van der Waals surface area contributed by atoms with Crippen LogP contribution in [-0.4, -0.2) is 40.5 Å². The number of carbonyl (C=O) groups excluding carboxylic acids is 2. The molecule has 0 fully saturated rings. The topological polar surface area (TPSA) is 112 Å². The molecule has 135 valence electrons. The molecule has 0 amide bonds. The second-order valence-corrected chi connectivity index (χ2v) is 5.13. The van der Waals surface area contributed by atoms with Crippen molar-refractivity contribution in [2.24, 2.45) is 11.8 Å². The molecule has 0 aliphatic heterocycles. The monoisotopic (exact) mass is 387 g/mol. The summed E-state index contributed by atoms with van der Waals surface area (Å²) in [5.74, 6) is -2.23. The number of hydrogen-bond donors (Lipinski definition) is 0. The molecule has 0 aromatic carbocycles. The fourth-order valence-corrected chi connectivity index (χ4v) is 1.88. The number of carbonyl (C=O) groups is 2. The van der Waals surface area contributed by atoms with Gasteiger partial charge in [-0.15, -0.1) is 0 Å². The van der Waals surface area contributed by atoms with Crippen LogP contribution in [0.4, 0.5) is 0 Å². The molecule has 2 atom stereocenters. The number of hydrogen-bond acceptors (Lipinski definition) is 4. The Bertz CT molecular complexity index is 239. The van der Waals surface area contributed by atoms with E-state index in [2.05, 4.69) is 13.8 Å². The Morgan fingerprint density at radius 3 is 1.17 bits per heavy atom. The maximum absolute atomic E-state index is 10.3. The van der Waals surface area contributed by atoms with Crippen molar-refractivity contribution in [3.05, 3.63) is 0 Å². The van der Waals surface area contributed by atoms with Gasteiger partial charge in [0.05, 0.1) is 0 Å².